The van der Waals surface area contributed by atoms with Gasteiger partial charge in [0, 0.05) is 6.07 Å². The predicted octanol–water partition coefficient (Wildman–Crippen LogP) is 4.68. The molecule has 166 valence electrons. The van der Waals surface area contributed by atoms with Crippen LogP contribution in [0.25, 0.3) is 11.0 Å². The lowest BCUT2D eigenvalue weighted by Gasteiger charge is -2.16. The molecule has 0 saturated heterocycles. The Morgan fingerprint density at radius 2 is 1.75 bits per heavy atom. The van der Waals surface area contributed by atoms with Crippen LogP contribution in [0.2, 0.25) is 0 Å². The van der Waals surface area contributed by atoms with Crippen molar-refractivity contribution in [2.24, 2.45) is 0 Å². The lowest BCUT2D eigenvalue weighted by atomic mass is 10.1. The van der Waals surface area contributed by atoms with Crippen molar-refractivity contribution in [1.82, 2.24) is 9.55 Å². The Kier molecular flexibility index (Phi) is 6.61. The van der Waals surface area contributed by atoms with E-state index >= 15 is 0 Å². The first-order valence-corrected chi connectivity index (χ1v) is 10.6. The number of aliphatic hydroxyl groups is 1. The van der Waals surface area contributed by atoms with Gasteiger partial charge in [0.2, 0.25) is 0 Å². The topological polar surface area (TPSA) is 65.7 Å². The normalized spacial score (nSPS) is 12.0. The molecule has 1 unspecified atom stereocenters. The van der Waals surface area contributed by atoms with Gasteiger partial charge in [-0.15, -0.1) is 0 Å². The summed E-state index contributed by atoms with van der Waals surface area (Å²) in [5, 5.41) is 10.7. The van der Waals surface area contributed by atoms with E-state index in [1.54, 1.807) is 13.2 Å². The van der Waals surface area contributed by atoms with Gasteiger partial charge in [-0.25, -0.2) is 4.98 Å². The van der Waals surface area contributed by atoms with Gasteiger partial charge in [0.1, 0.15) is 42.4 Å². The molecule has 0 aliphatic heterocycles. The maximum absolute atomic E-state index is 10.7. The number of rotatable bonds is 9. The second-order valence-corrected chi connectivity index (χ2v) is 7.83. The van der Waals surface area contributed by atoms with Gasteiger partial charge in [-0.1, -0.05) is 35.9 Å². The molecule has 4 aromatic rings. The number of nitrogens with zero attached hydrogens (tertiary/aromatic N) is 2. The van der Waals surface area contributed by atoms with E-state index in [1.165, 1.54) is 5.56 Å². The third-order valence-corrected chi connectivity index (χ3v) is 5.30. The molecule has 4 rings (SSSR count). The smallest absolute Gasteiger partial charge is 0.148 e. The monoisotopic (exact) mass is 432 g/mol. The third-order valence-electron chi connectivity index (χ3n) is 5.30. The molecule has 6 heteroatoms. The van der Waals surface area contributed by atoms with Crippen LogP contribution < -0.4 is 14.2 Å². The van der Waals surface area contributed by atoms with Gasteiger partial charge in [-0.2, -0.15) is 0 Å². The van der Waals surface area contributed by atoms with E-state index in [9.17, 15) is 5.11 Å². The number of aromatic nitrogens is 2. The van der Waals surface area contributed by atoms with Crippen molar-refractivity contribution in [2.75, 3.05) is 13.7 Å². The van der Waals surface area contributed by atoms with Gasteiger partial charge < -0.3 is 23.9 Å². The van der Waals surface area contributed by atoms with E-state index in [0.717, 1.165) is 28.2 Å². The molecule has 0 saturated carbocycles. The highest BCUT2D eigenvalue weighted by Crippen LogP contribution is 2.23. The van der Waals surface area contributed by atoms with Crippen molar-refractivity contribution in [3.05, 3.63) is 83.7 Å². The first-order valence-electron chi connectivity index (χ1n) is 10.6. The zero-order valence-electron chi connectivity index (χ0n) is 18.6. The van der Waals surface area contributed by atoms with Crippen LogP contribution >= 0.6 is 0 Å². The van der Waals surface area contributed by atoms with Crippen LogP contribution in [-0.4, -0.2) is 34.5 Å². The molecule has 0 spiro atoms. The summed E-state index contributed by atoms with van der Waals surface area (Å²) in [6, 6.07) is 21.3. The highest BCUT2D eigenvalue weighted by molar-refractivity contribution is 5.75. The van der Waals surface area contributed by atoms with Crippen LogP contribution in [0.4, 0.5) is 0 Å². The van der Waals surface area contributed by atoms with Crippen LogP contribution in [0.3, 0.4) is 0 Å². The van der Waals surface area contributed by atoms with E-state index in [4.69, 9.17) is 19.2 Å². The summed E-state index contributed by atoms with van der Waals surface area (Å²) in [6.45, 7) is 4.89. The SMILES string of the molecule is COc1cccc(OCC(O)Cn2c(COc3ccc(C)cc3C)nc3ccccc32)c1. The maximum Gasteiger partial charge on any atom is 0.148 e. The third kappa shape index (κ3) is 5.03. The van der Waals surface area contributed by atoms with Crippen molar-refractivity contribution in [2.45, 2.75) is 33.1 Å². The molecule has 0 bridgehead atoms. The highest BCUT2D eigenvalue weighted by atomic mass is 16.5. The molecule has 1 heterocycles. The number of aliphatic hydroxyl groups excluding tert-OH is 1. The molecule has 1 aromatic heterocycles. The second kappa shape index (κ2) is 9.75. The van der Waals surface area contributed by atoms with Gasteiger partial charge in [-0.05, 0) is 49.7 Å². The molecule has 32 heavy (non-hydrogen) atoms. The van der Waals surface area contributed by atoms with Crippen LogP contribution in [0.1, 0.15) is 17.0 Å². The number of imidazole rings is 1. The Morgan fingerprint density at radius 1 is 0.938 bits per heavy atom. The quantitative estimate of drug-likeness (QED) is 0.416. The van der Waals surface area contributed by atoms with Crippen molar-refractivity contribution in [1.29, 1.82) is 0 Å². The molecule has 3 aromatic carbocycles. The minimum Gasteiger partial charge on any atom is -0.497 e. The Bertz CT molecular complexity index is 1200. The molecular formula is C26H28N2O4. The van der Waals surface area contributed by atoms with Crippen molar-refractivity contribution < 1.29 is 19.3 Å². The number of aryl methyl sites for hydroxylation is 2. The average Bonchev–Trinajstić information content (AvgIpc) is 3.14. The lowest BCUT2D eigenvalue weighted by Crippen LogP contribution is -2.25. The fourth-order valence-corrected chi connectivity index (χ4v) is 3.69. The molecule has 0 aliphatic rings. The van der Waals surface area contributed by atoms with Crippen LogP contribution in [-0.2, 0) is 13.2 Å². The number of fused-ring (bicyclic) bond motifs is 1. The summed E-state index contributed by atoms with van der Waals surface area (Å²) in [6.07, 6.45) is -0.723. The Hall–Kier alpha value is -3.51. The summed E-state index contributed by atoms with van der Waals surface area (Å²) in [7, 11) is 1.61. The lowest BCUT2D eigenvalue weighted by molar-refractivity contribution is 0.0916. The molecule has 0 fully saturated rings. The fraction of sp³-hybridized carbons (Fsp3) is 0.269. The summed E-state index contributed by atoms with van der Waals surface area (Å²) in [5.74, 6) is 2.95. The number of para-hydroxylation sites is 2. The van der Waals surface area contributed by atoms with Gasteiger partial charge in [-0.3, -0.25) is 0 Å². The Balaban J connectivity index is 1.49. The first-order chi connectivity index (χ1) is 15.5. The second-order valence-electron chi connectivity index (χ2n) is 7.83. The number of ether oxygens (including phenoxy) is 3. The zero-order valence-corrected chi connectivity index (χ0v) is 18.6. The van der Waals surface area contributed by atoms with Gasteiger partial charge >= 0.3 is 0 Å². The van der Waals surface area contributed by atoms with Crippen molar-refractivity contribution in [3.63, 3.8) is 0 Å². The van der Waals surface area contributed by atoms with E-state index in [1.807, 2.05) is 66.1 Å². The summed E-state index contributed by atoms with van der Waals surface area (Å²) >= 11 is 0. The van der Waals surface area contributed by atoms with Gasteiger partial charge in [0.25, 0.3) is 0 Å². The summed E-state index contributed by atoms with van der Waals surface area (Å²) in [4.78, 5) is 4.74. The van der Waals surface area contributed by atoms with Crippen LogP contribution in [0.5, 0.6) is 17.2 Å². The number of methoxy groups -OCH3 is 1. The molecule has 1 atom stereocenters. The minimum atomic E-state index is -0.723. The van der Waals surface area contributed by atoms with E-state index in [-0.39, 0.29) is 6.61 Å². The van der Waals surface area contributed by atoms with Crippen LogP contribution in [0.15, 0.2) is 66.7 Å². The predicted molar refractivity (Wildman–Crippen MR) is 124 cm³/mol. The molecule has 0 aliphatic carbocycles. The van der Waals surface area contributed by atoms with Crippen LogP contribution in [0, 0.1) is 13.8 Å². The largest absolute Gasteiger partial charge is 0.497 e. The number of hydrogen-bond acceptors (Lipinski definition) is 5. The van der Waals surface area contributed by atoms with Crippen molar-refractivity contribution in [3.8, 4) is 17.2 Å². The molecule has 6 nitrogen and oxygen atoms in total. The molecule has 0 amide bonds. The Labute approximate surface area is 188 Å². The number of benzene rings is 3. The van der Waals surface area contributed by atoms with Gasteiger partial charge in [0.15, 0.2) is 0 Å². The van der Waals surface area contributed by atoms with Crippen molar-refractivity contribution >= 4 is 11.0 Å². The molecule has 0 radical (unpaired) electrons. The van der Waals surface area contributed by atoms with E-state index < -0.39 is 6.10 Å². The summed E-state index contributed by atoms with van der Waals surface area (Å²) < 4.78 is 19.1. The Morgan fingerprint density at radius 3 is 2.56 bits per heavy atom. The van der Waals surface area contributed by atoms with Gasteiger partial charge in [0.05, 0.1) is 24.7 Å². The number of hydrogen-bond donors (Lipinski definition) is 1. The zero-order chi connectivity index (χ0) is 22.5. The van der Waals surface area contributed by atoms with E-state index in [0.29, 0.717) is 24.7 Å². The average molecular weight is 433 g/mol. The molecule has 1 N–H and O–H groups in total. The fourth-order valence-electron chi connectivity index (χ4n) is 3.69. The first kappa shape index (κ1) is 21.7. The molecular weight excluding hydrogens is 404 g/mol. The minimum absolute atomic E-state index is 0.150. The maximum atomic E-state index is 10.7. The van der Waals surface area contributed by atoms with E-state index in [2.05, 4.69) is 13.0 Å². The standard InChI is InChI=1S/C26H28N2O4/c1-18-11-12-25(19(2)13-18)32-17-26-27-23-9-4-5-10-24(23)28(26)15-20(29)16-31-22-8-6-7-21(14-22)30-3/h4-14,20,29H,15-17H2,1-3H3. The highest BCUT2D eigenvalue weighted by Gasteiger charge is 2.16. The summed E-state index contributed by atoms with van der Waals surface area (Å²) in [5.41, 5.74) is 4.10.